The monoisotopic (exact) mass is 347 g/mol. The van der Waals surface area contributed by atoms with Crippen LogP contribution in [0.2, 0.25) is 5.02 Å². The largest absolute Gasteiger partial charge is 0.449 e. The van der Waals surface area contributed by atoms with Crippen LogP contribution in [0.3, 0.4) is 0 Å². The molecule has 2 heterocycles. The third-order valence-corrected chi connectivity index (χ3v) is 3.51. The minimum absolute atomic E-state index is 0.265. The summed E-state index contributed by atoms with van der Waals surface area (Å²) in [5.41, 5.74) is 6.83. The second kappa shape index (κ2) is 7.09. The van der Waals surface area contributed by atoms with Gasteiger partial charge in [-0.15, -0.1) is 5.10 Å². The van der Waals surface area contributed by atoms with E-state index in [1.54, 1.807) is 17.7 Å². The smallest absolute Gasteiger partial charge is 0.425 e. The molecule has 0 fully saturated rings. The van der Waals surface area contributed by atoms with Crippen molar-refractivity contribution in [2.75, 3.05) is 12.0 Å². The molecular weight excluding hydrogens is 334 g/mol. The highest BCUT2D eigenvalue weighted by atomic mass is 35.5. The second-order valence-corrected chi connectivity index (χ2v) is 5.11. The van der Waals surface area contributed by atoms with Gasteiger partial charge in [-0.3, -0.25) is 5.43 Å². The van der Waals surface area contributed by atoms with Crippen molar-refractivity contribution < 1.29 is 9.53 Å². The quantitative estimate of drug-likeness (QED) is 0.679. The molecule has 0 aliphatic carbocycles. The van der Waals surface area contributed by atoms with Gasteiger partial charge in [0.05, 0.1) is 13.2 Å². The third-order valence-electron chi connectivity index (χ3n) is 3.14. The molecule has 3 rings (SSSR count). The predicted octanol–water partition coefficient (Wildman–Crippen LogP) is 2.00. The van der Waals surface area contributed by atoms with E-state index in [0.717, 1.165) is 5.56 Å². The molecule has 2 N–H and O–H groups in total. The van der Waals surface area contributed by atoms with Gasteiger partial charge in [-0.2, -0.15) is 0 Å². The lowest BCUT2D eigenvalue weighted by atomic mass is 10.2. The minimum Gasteiger partial charge on any atom is -0.449 e. The lowest BCUT2D eigenvalue weighted by Gasteiger charge is -2.07. The molecule has 124 valence electrons. The lowest BCUT2D eigenvalue weighted by Crippen LogP contribution is -2.30. The second-order valence-electron chi connectivity index (χ2n) is 4.70. The summed E-state index contributed by atoms with van der Waals surface area (Å²) in [5.74, 6) is 0.318. The van der Waals surface area contributed by atoms with Crippen molar-refractivity contribution in [2.24, 2.45) is 0 Å². The summed E-state index contributed by atoms with van der Waals surface area (Å²) in [5, 5.41) is 8.77. The van der Waals surface area contributed by atoms with Gasteiger partial charge in [-0.25, -0.2) is 24.9 Å². The number of anilines is 1. The molecule has 0 unspecified atom stereocenters. The van der Waals surface area contributed by atoms with Crippen LogP contribution in [0.5, 0.6) is 0 Å². The molecule has 0 saturated carbocycles. The molecule has 0 saturated heterocycles. The lowest BCUT2D eigenvalue weighted by molar-refractivity contribution is 0.154. The van der Waals surface area contributed by atoms with Crippen LogP contribution in [-0.2, 0) is 11.3 Å². The fourth-order valence-corrected chi connectivity index (χ4v) is 2.25. The number of halogens is 1. The first-order valence-corrected chi connectivity index (χ1v) is 7.53. The zero-order valence-electron chi connectivity index (χ0n) is 12.7. The number of carbonyl (C=O) groups is 1. The molecular formula is C14H14ClN7O2. The summed E-state index contributed by atoms with van der Waals surface area (Å²) in [4.78, 5) is 19.6. The van der Waals surface area contributed by atoms with E-state index in [4.69, 9.17) is 16.3 Å². The SMILES string of the molecule is CCOC(=O)NNc1ncnc2c1nnn2Cc1ccccc1Cl. The molecule has 0 aliphatic rings. The first-order valence-electron chi connectivity index (χ1n) is 7.15. The van der Waals surface area contributed by atoms with Crippen LogP contribution in [0.1, 0.15) is 12.5 Å². The molecule has 1 amide bonds. The van der Waals surface area contributed by atoms with Gasteiger partial charge in [0.25, 0.3) is 0 Å². The summed E-state index contributed by atoms with van der Waals surface area (Å²) < 4.78 is 6.37. The first-order chi connectivity index (χ1) is 11.7. The number of nitrogens with one attached hydrogen (secondary N) is 2. The van der Waals surface area contributed by atoms with Crippen LogP contribution < -0.4 is 10.9 Å². The Morgan fingerprint density at radius 3 is 2.96 bits per heavy atom. The Kier molecular flexibility index (Phi) is 4.71. The Bertz CT molecular complexity index is 867. The van der Waals surface area contributed by atoms with Crippen molar-refractivity contribution in [1.82, 2.24) is 30.4 Å². The van der Waals surface area contributed by atoms with Gasteiger partial charge < -0.3 is 4.74 Å². The minimum atomic E-state index is -0.618. The Morgan fingerprint density at radius 1 is 1.33 bits per heavy atom. The molecule has 0 atom stereocenters. The number of rotatable bonds is 5. The highest BCUT2D eigenvalue weighted by Gasteiger charge is 2.13. The van der Waals surface area contributed by atoms with Gasteiger partial charge in [0.15, 0.2) is 17.0 Å². The van der Waals surface area contributed by atoms with Crippen LogP contribution in [0.25, 0.3) is 11.2 Å². The van der Waals surface area contributed by atoms with Crippen molar-refractivity contribution in [2.45, 2.75) is 13.5 Å². The number of hydrazine groups is 1. The normalized spacial score (nSPS) is 10.6. The van der Waals surface area contributed by atoms with Crippen molar-refractivity contribution in [3.05, 3.63) is 41.2 Å². The summed E-state index contributed by atoms with van der Waals surface area (Å²) >= 11 is 6.17. The highest BCUT2D eigenvalue weighted by Crippen LogP contribution is 2.19. The van der Waals surface area contributed by atoms with E-state index < -0.39 is 6.09 Å². The first kappa shape index (κ1) is 15.9. The van der Waals surface area contributed by atoms with Crippen molar-refractivity contribution in [1.29, 1.82) is 0 Å². The van der Waals surface area contributed by atoms with Gasteiger partial charge in [0, 0.05) is 5.02 Å². The maximum atomic E-state index is 11.3. The molecule has 24 heavy (non-hydrogen) atoms. The summed E-state index contributed by atoms with van der Waals surface area (Å²) in [7, 11) is 0. The standard InChI is InChI=1S/C14H14ClN7O2/c1-2-24-14(23)20-19-12-11-13(17-8-16-12)22(21-18-11)7-9-5-3-4-6-10(9)15/h3-6,8H,2,7H2,1H3,(H,20,23)(H,16,17,19). The fraction of sp³-hybridized carbons (Fsp3) is 0.214. The van der Waals surface area contributed by atoms with Crippen LogP contribution in [0.15, 0.2) is 30.6 Å². The number of fused-ring (bicyclic) bond motifs is 1. The molecule has 0 spiro atoms. The number of carbonyl (C=O) groups excluding carboxylic acids is 1. The van der Waals surface area contributed by atoms with Crippen LogP contribution in [0.4, 0.5) is 10.6 Å². The van der Waals surface area contributed by atoms with Gasteiger partial charge in [0.2, 0.25) is 0 Å². The van der Waals surface area contributed by atoms with E-state index in [2.05, 4.69) is 31.1 Å². The molecule has 2 aromatic heterocycles. The van der Waals surface area contributed by atoms with E-state index >= 15 is 0 Å². The summed E-state index contributed by atoms with van der Waals surface area (Å²) in [6.45, 7) is 2.39. The van der Waals surface area contributed by atoms with E-state index in [1.165, 1.54) is 6.33 Å². The Balaban J connectivity index is 1.84. The van der Waals surface area contributed by atoms with E-state index in [-0.39, 0.29) is 6.61 Å². The van der Waals surface area contributed by atoms with Crippen LogP contribution in [0, 0.1) is 0 Å². The van der Waals surface area contributed by atoms with E-state index in [0.29, 0.717) is 28.5 Å². The maximum absolute atomic E-state index is 11.3. The molecule has 0 radical (unpaired) electrons. The molecule has 3 aromatic rings. The van der Waals surface area contributed by atoms with Gasteiger partial charge in [0.1, 0.15) is 6.33 Å². The van der Waals surface area contributed by atoms with Crippen LogP contribution in [-0.4, -0.2) is 37.7 Å². The molecule has 1 aromatic carbocycles. The van der Waals surface area contributed by atoms with Crippen molar-refractivity contribution in [3.63, 3.8) is 0 Å². The number of aromatic nitrogens is 5. The Labute approximate surface area is 142 Å². The van der Waals surface area contributed by atoms with Crippen molar-refractivity contribution >= 4 is 34.7 Å². The third kappa shape index (κ3) is 3.35. The van der Waals surface area contributed by atoms with Gasteiger partial charge in [-0.05, 0) is 18.6 Å². The predicted molar refractivity (Wildman–Crippen MR) is 87.5 cm³/mol. The number of hydrogen-bond donors (Lipinski definition) is 2. The average Bonchev–Trinajstić information content (AvgIpc) is 2.99. The number of benzene rings is 1. The number of ether oxygens (including phenoxy) is 1. The summed E-state index contributed by atoms with van der Waals surface area (Å²) in [6.07, 6.45) is 0.733. The zero-order valence-corrected chi connectivity index (χ0v) is 13.5. The van der Waals surface area contributed by atoms with E-state index in [1.807, 2.05) is 18.2 Å². The fourth-order valence-electron chi connectivity index (χ4n) is 2.05. The maximum Gasteiger partial charge on any atom is 0.425 e. The number of amides is 1. The topological polar surface area (TPSA) is 107 Å². The van der Waals surface area contributed by atoms with Crippen molar-refractivity contribution in [3.8, 4) is 0 Å². The zero-order chi connectivity index (χ0) is 16.9. The number of hydrogen-bond acceptors (Lipinski definition) is 7. The molecule has 10 heteroatoms. The summed E-state index contributed by atoms with van der Waals surface area (Å²) in [6, 6.07) is 7.46. The number of nitrogens with zero attached hydrogens (tertiary/aromatic N) is 5. The molecule has 0 bridgehead atoms. The molecule has 0 aliphatic heterocycles. The Hall–Kier alpha value is -2.94. The average molecular weight is 348 g/mol. The van der Waals surface area contributed by atoms with Gasteiger partial charge >= 0.3 is 6.09 Å². The highest BCUT2D eigenvalue weighted by molar-refractivity contribution is 6.31. The van der Waals surface area contributed by atoms with E-state index in [9.17, 15) is 4.79 Å². The van der Waals surface area contributed by atoms with Gasteiger partial charge in [-0.1, -0.05) is 35.0 Å². The molecule has 9 nitrogen and oxygen atoms in total. The Morgan fingerprint density at radius 2 is 2.17 bits per heavy atom. The van der Waals surface area contributed by atoms with Crippen LogP contribution >= 0.6 is 11.6 Å².